The van der Waals surface area contributed by atoms with Crippen molar-refractivity contribution in [3.05, 3.63) is 47.5 Å². The van der Waals surface area contributed by atoms with Gasteiger partial charge in [-0.05, 0) is 24.0 Å². The summed E-state index contributed by atoms with van der Waals surface area (Å²) in [6.45, 7) is 4.56. The first-order valence-corrected chi connectivity index (χ1v) is 5.71. The number of benzene rings is 1. The molecule has 0 heterocycles. The first-order valence-electron chi connectivity index (χ1n) is 5.71. The van der Waals surface area contributed by atoms with Gasteiger partial charge in [0.05, 0.1) is 5.92 Å². The largest absolute Gasteiger partial charge is 0.326 e. The molecule has 0 saturated heterocycles. The molecule has 1 aliphatic carbocycles. The molecule has 2 rings (SSSR count). The first kappa shape index (κ1) is 11.1. The molecule has 1 aromatic carbocycles. The molecular weight excluding hydrogens is 198 g/mol. The van der Waals surface area contributed by atoms with Crippen molar-refractivity contribution in [1.82, 2.24) is 0 Å². The summed E-state index contributed by atoms with van der Waals surface area (Å²) in [6, 6.07) is 7.98. The lowest BCUT2D eigenvalue weighted by Gasteiger charge is -2.23. The van der Waals surface area contributed by atoms with Crippen LogP contribution in [-0.4, -0.2) is 5.78 Å². The summed E-state index contributed by atoms with van der Waals surface area (Å²) in [4.78, 5) is 11.9. The van der Waals surface area contributed by atoms with Crippen LogP contribution in [0.5, 0.6) is 0 Å². The molecule has 16 heavy (non-hydrogen) atoms. The Hall–Kier alpha value is -1.41. The van der Waals surface area contributed by atoms with Gasteiger partial charge in [-0.2, -0.15) is 0 Å². The van der Waals surface area contributed by atoms with Gasteiger partial charge in [0.25, 0.3) is 0 Å². The van der Waals surface area contributed by atoms with E-state index in [0.29, 0.717) is 18.7 Å². The van der Waals surface area contributed by atoms with Crippen molar-refractivity contribution in [1.29, 1.82) is 0 Å². The molecule has 0 radical (unpaired) electrons. The third kappa shape index (κ3) is 2.07. The van der Waals surface area contributed by atoms with E-state index in [1.54, 1.807) is 0 Å². The topological polar surface area (TPSA) is 43.1 Å². The fraction of sp³-hybridized carbons (Fsp3) is 0.357. The number of rotatable bonds is 2. The highest BCUT2D eigenvalue weighted by molar-refractivity contribution is 5.89. The number of hydrogen-bond donors (Lipinski definition) is 1. The summed E-state index contributed by atoms with van der Waals surface area (Å²) >= 11 is 0. The van der Waals surface area contributed by atoms with Gasteiger partial charge < -0.3 is 5.73 Å². The maximum absolute atomic E-state index is 11.9. The molecule has 2 heteroatoms. The SMILES string of the molecule is C=C1CCCC(=O)C1c1ccc(CN)cc1. The minimum absolute atomic E-state index is 0.0828. The lowest BCUT2D eigenvalue weighted by atomic mass is 9.79. The van der Waals surface area contributed by atoms with Crippen LogP contribution in [0.15, 0.2) is 36.4 Å². The molecule has 0 aliphatic heterocycles. The fourth-order valence-corrected chi connectivity index (χ4v) is 2.27. The van der Waals surface area contributed by atoms with Gasteiger partial charge in [0, 0.05) is 13.0 Å². The molecule has 1 atom stereocenters. The average Bonchev–Trinajstić information content (AvgIpc) is 2.30. The highest BCUT2D eigenvalue weighted by Crippen LogP contribution is 2.33. The van der Waals surface area contributed by atoms with Gasteiger partial charge >= 0.3 is 0 Å². The number of Topliss-reactive ketones (excluding diaryl/α,β-unsaturated/α-hetero) is 1. The van der Waals surface area contributed by atoms with Crippen molar-refractivity contribution in [2.75, 3.05) is 0 Å². The van der Waals surface area contributed by atoms with Crippen LogP contribution in [0.3, 0.4) is 0 Å². The third-order valence-corrected chi connectivity index (χ3v) is 3.20. The van der Waals surface area contributed by atoms with Crippen LogP contribution < -0.4 is 5.73 Å². The van der Waals surface area contributed by atoms with Crippen LogP contribution in [0.25, 0.3) is 0 Å². The van der Waals surface area contributed by atoms with Gasteiger partial charge in [-0.15, -0.1) is 0 Å². The second kappa shape index (κ2) is 4.62. The molecular formula is C14H17NO. The third-order valence-electron chi connectivity index (χ3n) is 3.20. The Kier molecular flexibility index (Phi) is 3.20. The molecule has 0 spiro atoms. The maximum atomic E-state index is 11.9. The van der Waals surface area contributed by atoms with Gasteiger partial charge in [0.2, 0.25) is 0 Å². The second-order valence-corrected chi connectivity index (χ2v) is 4.36. The van der Waals surface area contributed by atoms with Gasteiger partial charge in [-0.25, -0.2) is 0 Å². The molecule has 1 fully saturated rings. The maximum Gasteiger partial charge on any atom is 0.144 e. The van der Waals surface area contributed by atoms with Crippen LogP contribution in [0.2, 0.25) is 0 Å². The predicted octanol–water partition coefficient (Wildman–Crippen LogP) is 2.54. The lowest BCUT2D eigenvalue weighted by Crippen LogP contribution is -2.19. The van der Waals surface area contributed by atoms with E-state index in [0.717, 1.165) is 29.5 Å². The van der Waals surface area contributed by atoms with E-state index in [2.05, 4.69) is 6.58 Å². The molecule has 2 nitrogen and oxygen atoms in total. The summed E-state index contributed by atoms with van der Waals surface area (Å²) in [6.07, 6.45) is 2.60. The molecule has 84 valence electrons. The molecule has 0 bridgehead atoms. The summed E-state index contributed by atoms with van der Waals surface area (Å²) in [5.74, 6) is 0.220. The average molecular weight is 215 g/mol. The quantitative estimate of drug-likeness (QED) is 0.770. The van der Waals surface area contributed by atoms with Crippen LogP contribution in [0, 0.1) is 0 Å². The van der Waals surface area contributed by atoms with Crippen molar-refractivity contribution >= 4 is 5.78 Å². The Bertz CT molecular complexity index is 389. The highest BCUT2D eigenvalue weighted by Gasteiger charge is 2.26. The van der Waals surface area contributed by atoms with Crippen molar-refractivity contribution < 1.29 is 4.79 Å². The van der Waals surface area contributed by atoms with Crippen LogP contribution in [-0.2, 0) is 11.3 Å². The molecule has 2 N–H and O–H groups in total. The zero-order valence-corrected chi connectivity index (χ0v) is 9.41. The lowest BCUT2D eigenvalue weighted by molar-refractivity contribution is -0.120. The van der Waals surface area contributed by atoms with E-state index in [9.17, 15) is 4.79 Å². The number of carbonyl (C=O) groups excluding carboxylic acids is 1. The zero-order chi connectivity index (χ0) is 11.5. The van der Waals surface area contributed by atoms with E-state index < -0.39 is 0 Å². The summed E-state index contributed by atoms with van der Waals surface area (Å²) < 4.78 is 0. The van der Waals surface area contributed by atoms with Crippen LogP contribution >= 0.6 is 0 Å². The molecule has 1 aromatic rings. The normalized spacial score (nSPS) is 21.2. The Morgan fingerprint density at radius 3 is 2.50 bits per heavy atom. The second-order valence-electron chi connectivity index (χ2n) is 4.36. The van der Waals surface area contributed by atoms with Crippen molar-refractivity contribution in [3.63, 3.8) is 0 Å². The molecule has 1 saturated carbocycles. The number of ketones is 1. The van der Waals surface area contributed by atoms with E-state index in [1.165, 1.54) is 0 Å². The summed E-state index contributed by atoms with van der Waals surface area (Å²) in [7, 11) is 0. The number of allylic oxidation sites excluding steroid dienone is 1. The van der Waals surface area contributed by atoms with E-state index >= 15 is 0 Å². The first-order chi connectivity index (χ1) is 7.72. The van der Waals surface area contributed by atoms with Crippen LogP contribution in [0.1, 0.15) is 36.3 Å². The minimum atomic E-state index is -0.0828. The van der Waals surface area contributed by atoms with Crippen molar-refractivity contribution in [2.24, 2.45) is 5.73 Å². The van der Waals surface area contributed by atoms with E-state index in [1.807, 2.05) is 24.3 Å². The fourth-order valence-electron chi connectivity index (χ4n) is 2.27. The monoisotopic (exact) mass is 215 g/mol. The van der Waals surface area contributed by atoms with E-state index in [-0.39, 0.29) is 5.92 Å². The van der Waals surface area contributed by atoms with Gasteiger partial charge in [0.1, 0.15) is 5.78 Å². The molecule has 0 aromatic heterocycles. The number of hydrogen-bond acceptors (Lipinski definition) is 2. The van der Waals surface area contributed by atoms with Crippen molar-refractivity contribution in [2.45, 2.75) is 31.7 Å². The van der Waals surface area contributed by atoms with Crippen molar-refractivity contribution in [3.8, 4) is 0 Å². The summed E-state index contributed by atoms with van der Waals surface area (Å²) in [5.41, 5.74) is 8.76. The smallest absolute Gasteiger partial charge is 0.144 e. The zero-order valence-electron chi connectivity index (χ0n) is 9.41. The highest BCUT2D eigenvalue weighted by atomic mass is 16.1. The predicted molar refractivity (Wildman–Crippen MR) is 65.1 cm³/mol. The Morgan fingerprint density at radius 2 is 1.94 bits per heavy atom. The number of nitrogens with two attached hydrogens (primary N) is 1. The Morgan fingerprint density at radius 1 is 1.25 bits per heavy atom. The Balaban J connectivity index is 2.27. The standard InChI is InChI=1S/C14H17NO/c1-10-3-2-4-13(16)14(10)12-7-5-11(9-15)6-8-12/h5-8,14H,1-4,9,15H2. The number of carbonyl (C=O) groups is 1. The van der Waals surface area contributed by atoms with Crippen LogP contribution in [0.4, 0.5) is 0 Å². The molecule has 0 amide bonds. The molecule has 1 unspecified atom stereocenters. The van der Waals surface area contributed by atoms with Gasteiger partial charge in [-0.3, -0.25) is 4.79 Å². The minimum Gasteiger partial charge on any atom is -0.326 e. The van der Waals surface area contributed by atoms with Gasteiger partial charge in [0.15, 0.2) is 0 Å². The van der Waals surface area contributed by atoms with E-state index in [4.69, 9.17) is 5.73 Å². The molecule has 1 aliphatic rings. The summed E-state index contributed by atoms with van der Waals surface area (Å²) in [5, 5.41) is 0. The Labute approximate surface area is 96.2 Å². The van der Waals surface area contributed by atoms with Gasteiger partial charge in [-0.1, -0.05) is 36.4 Å².